The van der Waals surface area contributed by atoms with Gasteiger partial charge in [-0.25, -0.2) is 9.55 Å². The predicted molar refractivity (Wildman–Crippen MR) is 334 cm³/mol. The zero-order chi connectivity index (χ0) is 66.7. The highest BCUT2D eigenvalue weighted by atomic mass is 31.2. The van der Waals surface area contributed by atoms with Crippen molar-refractivity contribution in [3.63, 3.8) is 0 Å². The van der Waals surface area contributed by atoms with E-state index in [1.807, 2.05) is 66.7 Å². The van der Waals surface area contributed by atoms with Crippen LogP contribution in [0.3, 0.4) is 0 Å². The molecule has 490 valence electrons. The van der Waals surface area contributed by atoms with Gasteiger partial charge in [-0.2, -0.15) is 0 Å². The molecule has 6 aliphatic heterocycles. The molecule has 0 aliphatic carbocycles. The van der Waals surface area contributed by atoms with Crippen LogP contribution in [0.1, 0.15) is 150 Å². The number of ether oxygens (including phenoxy) is 1. The maximum Gasteiger partial charge on any atom is 0.472 e. The summed E-state index contributed by atoms with van der Waals surface area (Å²) in [7, 11) is -5.07. The molecule has 8 bridgehead atoms. The van der Waals surface area contributed by atoms with Crippen LogP contribution in [0.25, 0.3) is 11.0 Å². The van der Waals surface area contributed by atoms with Crippen LogP contribution in [-0.4, -0.2) is 132 Å². The number of aliphatic hydroxyl groups is 2. The molecule has 1 aromatic heterocycles. The molecule has 7 heterocycles. The third-order valence-electron chi connectivity index (χ3n) is 20.2. The SMILES string of the molecule is C/C1=C2/N=C([C@H](CC(N)=O)[C@@]2(C)CCC(=O)NCC(C)OP(=O)(O)OC2C(O)C(n3cnc4cc(C)c(C)cc43)O[C@H]2CO)[C@]2(C)N=C(/C(C)=C3N=C(/C=C4N=C1[C@@H](CCC(N)=O)C\4(C)C)[C@@H](CCC(N)=O)[C@]\3(C)CC(N)=O)[C@@H](CCC(N)=O)[C@]2(C)CC(N)=O. The topological polar surface area (TPSA) is 460 Å². The summed E-state index contributed by atoms with van der Waals surface area (Å²) in [5.74, 6) is -7.52. The minimum atomic E-state index is -5.07. The van der Waals surface area contributed by atoms with Crippen molar-refractivity contribution in [1.82, 2.24) is 14.9 Å². The number of hydrogen-bond acceptors (Lipinski definition) is 18. The molecular weight excluding hydrogens is 1180 g/mol. The normalized spacial score (nSPS) is 33.4. The molecule has 28 heteroatoms. The van der Waals surface area contributed by atoms with Crippen LogP contribution in [0.2, 0.25) is 0 Å². The quantitative estimate of drug-likeness (QED) is 0.0601. The van der Waals surface area contributed by atoms with Gasteiger partial charge in [0.25, 0.3) is 0 Å². The lowest BCUT2D eigenvalue weighted by Gasteiger charge is -2.45. The lowest BCUT2D eigenvalue weighted by atomic mass is 9.56. The molecule has 0 spiro atoms. The Kier molecular flexibility index (Phi) is 19.5. The molecule has 90 heavy (non-hydrogen) atoms. The fourth-order valence-electron chi connectivity index (χ4n) is 15.0. The Morgan fingerprint density at radius 2 is 1.31 bits per heavy atom. The van der Waals surface area contributed by atoms with E-state index >= 15 is 0 Å². The van der Waals surface area contributed by atoms with Crippen molar-refractivity contribution in [2.75, 3.05) is 13.2 Å². The van der Waals surface area contributed by atoms with Crippen LogP contribution < -0.4 is 39.7 Å². The predicted octanol–water partition coefficient (Wildman–Crippen LogP) is 3.65. The summed E-state index contributed by atoms with van der Waals surface area (Å²) < 4.78 is 32.2. The molecule has 2 aromatic rings. The fraction of sp³-hybridized carbons (Fsp3) is 0.613. The molecular formula is C62H88N13O14P. The first kappa shape index (κ1) is 68.8. The van der Waals surface area contributed by atoms with Gasteiger partial charge in [0.15, 0.2) is 6.23 Å². The Balaban J connectivity index is 1.20. The molecule has 8 rings (SSSR count). The van der Waals surface area contributed by atoms with Gasteiger partial charge in [0.1, 0.15) is 23.9 Å². The van der Waals surface area contributed by atoms with Crippen molar-refractivity contribution >= 4 is 83.1 Å². The number of fused-ring (bicyclic) bond motifs is 6. The Hall–Kier alpha value is -7.13. The molecule has 16 N–H and O–H groups in total. The summed E-state index contributed by atoms with van der Waals surface area (Å²) >= 11 is 0. The Morgan fingerprint density at radius 1 is 0.733 bits per heavy atom. The number of phosphoric ester groups is 1. The number of nitrogens with zero attached hydrogens (tertiary/aromatic N) is 6. The minimum absolute atomic E-state index is 0.0372. The number of nitrogens with two attached hydrogens (primary N) is 6. The number of aromatic nitrogens is 2. The molecule has 1 fully saturated rings. The van der Waals surface area contributed by atoms with E-state index in [0.717, 1.165) is 11.1 Å². The van der Waals surface area contributed by atoms with E-state index in [0.29, 0.717) is 62.1 Å². The molecule has 0 radical (unpaired) electrons. The zero-order valence-corrected chi connectivity index (χ0v) is 54.0. The number of primary amides is 6. The summed E-state index contributed by atoms with van der Waals surface area (Å²) in [5, 5.41) is 24.6. The van der Waals surface area contributed by atoms with Gasteiger partial charge in [0, 0.05) is 120 Å². The van der Waals surface area contributed by atoms with E-state index < -0.39 is 137 Å². The number of nitrogens with one attached hydrogen (secondary N) is 1. The number of aliphatic imine (C=N–C) groups is 4. The number of imidazole rings is 1. The highest BCUT2D eigenvalue weighted by Crippen LogP contribution is 2.62. The van der Waals surface area contributed by atoms with Crippen molar-refractivity contribution in [1.29, 1.82) is 0 Å². The molecule has 1 saturated heterocycles. The molecule has 27 nitrogen and oxygen atoms in total. The number of rotatable bonds is 26. The number of aliphatic hydroxyl groups excluding tert-OH is 2. The fourth-order valence-corrected chi connectivity index (χ4v) is 16.2. The van der Waals surface area contributed by atoms with Gasteiger partial charge in [-0.3, -0.25) is 62.6 Å². The number of carbonyl (C=O) groups is 7. The largest absolute Gasteiger partial charge is 0.472 e. The number of amides is 7. The smallest absolute Gasteiger partial charge is 0.394 e. The van der Waals surface area contributed by atoms with E-state index in [1.54, 1.807) is 25.3 Å². The number of hydrogen-bond donors (Lipinski definition) is 10. The van der Waals surface area contributed by atoms with E-state index in [4.69, 9.17) is 68.2 Å². The number of carbonyl (C=O) groups excluding carboxylic acids is 7. The lowest BCUT2D eigenvalue weighted by Crippen LogP contribution is -2.54. The van der Waals surface area contributed by atoms with Crippen molar-refractivity contribution in [3.8, 4) is 0 Å². The summed E-state index contributed by atoms with van der Waals surface area (Å²) in [5.41, 5.74) is 36.8. The van der Waals surface area contributed by atoms with Gasteiger partial charge in [-0.15, -0.1) is 0 Å². The van der Waals surface area contributed by atoms with Gasteiger partial charge >= 0.3 is 7.82 Å². The molecule has 1 aromatic carbocycles. The van der Waals surface area contributed by atoms with E-state index in [9.17, 15) is 53.2 Å². The second-order valence-corrected chi connectivity index (χ2v) is 28.2. The third kappa shape index (κ3) is 12.9. The molecule has 14 atom stereocenters. The maximum atomic E-state index is 14.4. The van der Waals surface area contributed by atoms with Crippen molar-refractivity contribution < 1.29 is 67.0 Å². The summed E-state index contributed by atoms with van der Waals surface area (Å²) in [6.07, 6.45) is -4.63. The average molecular weight is 1270 g/mol. The Labute approximate surface area is 522 Å². The van der Waals surface area contributed by atoms with Crippen molar-refractivity contribution in [3.05, 3.63) is 63.9 Å². The van der Waals surface area contributed by atoms with Gasteiger partial charge in [0.2, 0.25) is 41.4 Å². The van der Waals surface area contributed by atoms with E-state index in [-0.39, 0.29) is 77.2 Å². The van der Waals surface area contributed by atoms with Gasteiger partial charge in [-0.1, -0.05) is 34.6 Å². The van der Waals surface area contributed by atoms with Crippen LogP contribution in [0.15, 0.2) is 72.7 Å². The van der Waals surface area contributed by atoms with Crippen LogP contribution >= 0.6 is 7.82 Å². The van der Waals surface area contributed by atoms with Crippen LogP contribution in [0, 0.1) is 59.2 Å². The third-order valence-corrected chi connectivity index (χ3v) is 21.3. The van der Waals surface area contributed by atoms with E-state index in [2.05, 4.69) is 10.3 Å². The lowest BCUT2D eigenvalue weighted by molar-refractivity contribution is -0.123. The first-order valence-electron chi connectivity index (χ1n) is 30.4. The van der Waals surface area contributed by atoms with Crippen LogP contribution in [0.4, 0.5) is 0 Å². The highest BCUT2D eigenvalue weighted by molar-refractivity contribution is 7.47. The molecule has 0 saturated carbocycles. The molecule has 5 unspecified atom stereocenters. The summed E-state index contributed by atoms with van der Waals surface area (Å²) in [6.45, 7) is 19.0. The Bertz CT molecular complexity index is 3600. The Morgan fingerprint density at radius 3 is 1.90 bits per heavy atom. The maximum absolute atomic E-state index is 14.4. The molecule has 7 amide bonds. The zero-order valence-electron chi connectivity index (χ0n) is 53.1. The second-order valence-electron chi connectivity index (χ2n) is 26.8. The minimum Gasteiger partial charge on any atom is -0.394 e. The first-order valence-corrected chi connectivity index (χ1v) is 31.9. The van der Waals surface area contributed by atoms with Gasteiger partial charge in [-0.05, 0) is 108 Å². The highest BCUT2D eigenvalue weighted by Gasteiger charge is 2.65. The number of benzene rings is 1. The monoisotopic (exact) mass is 1270 g/mol. The molecule has 6 aliphatic rings. The van der Waals surface area contributed by atoms with Crippen molar-refractivity contribution in [2.45, 2.75) is 183 Å². The number of allylic oxidation sites excluding steroid dienone is 6. The van der Waals surface area contributed by atoms with Gasteiger partial charge < -0.3 is 64.1 Å². The average Bonchev–Trinajstić information content (AvgIpc) is 1.53. The number of aryl methyl sites for hydroxylation is 2. The van der Waals surface area contributed by atoms with Gasteiger partial charge in [0.05, 0.1) is 47.2 Å². The summed E-state index contributed by atoms with van der Waals surface area (Å²) in [6, 6.07) is 3.73. The standard InChI is InChI=1S/C62H88N13O14P/c1-29-20-39-40(21-30(29)2)75(28-70-39)57-52(84)53(41(27-76)87-57)89-90(85,86)88-31(3)26-69-49(83)18-19-59(8)37(22-46(66)80)56-62(11)61(10,25-48(68)82)36(14-17-45(65)79)51(74-62)33(5)55-60(9,24-47(67)81)34(12-15-43(63)77)38(71-55)23-42-58(6,7)35(13-16-44(64)78)50(72-42)32(4)54(59)73-56/h20-21,23,28,31,34-37,41,52-53,57,76,84H,12-19,22,24-27H2,1-11H3,(H2,63,77)(H2,64,78)(H2,65,79)(H2,66,80)(H2,67,81)(H2,68,82)(H,69,83)(H,85,86)/b42-23-,54-32-,55-33-/t31?,34-,35-,36-,37+,41+,52?,53?,57?,59-,60+,61+,62+/m1/s1. The number of phosphoric acid groups is 1. The first-order chi connectivity index (χ1) is 41.8. The van der Waals surface area contributed by atoms with Crippen LogP contribution in [0.5, 0.6) is 0 Å². The summed E-state index contributed by atoms with van der Waals surface area (Å²) in [4.78, 5) is 131. The van der Waals surface area contributed by atoms with E-state index in [1.165, 1.54) is 13.3 Å². The van der Waals surface area contributed by atoms with Crippen molar-refractivity contribution in [2.24, 2.45) is 99.7 Å². The van der Waals surface area contributed by atoms with Crippen LogP contribution in [-0.2, 0) is 51.9 Å². The second kappa shape index (κ2) is 25.5.